The quantitative estimate of drug-likeness (QED) is 0.640. The van der Waals surface area contributed by atoms with Gasteiger partial charge in [-0.3, -0.25) is 15.0 Å². The van der Waals surface area contributed by atoms with Crippen LogP contribution < -0.4 is 4.90 Å². The maximum absolute atomic E-state index is 10.7. The van der Waals surface area contributed by atoms with E-state index in [0.717, 1.165) is 49.1 Å². The normalized spacial score (nSPS) is 16.0. The minimum atomic E-state index is -0.364. The number of nitro benzene ring substituents is 1. The Kier molecular flexibility index (Phi) is 4.35. The summed E-state index contributed by atoms with van der Waals surface area (Å²) in [5.41, 5.74) is 2.34. The molecule has 0 unspecified atom stereocenters. The molecule has 6 nitrogen and oxygen atoms in total. The fraction of sp³-hybridized carbons (Fsp3) is 0.400. The molecule has 116 valence electrons. The van der Waals surface area contributed by atoms with Gasteiger partial charge >= 0.3 is 0 Å². The van der Waals surface area contributed by atoms with Crippen molar-refractivity contribution >= 4 is 22.7 Å². The van der Waals surface area contributed by atoms with Crippen molar-refractivity contribution in [2.75, 3.05) is 31.1 Å². The molecule has 0 spiro atoms. The molecule has 0 bridgehead atoms. The molecule has 1 fully saturated rings. The number of rotatable bonds is 4. The van der Waals surface area contributed by atoms with Crippen LogP contribution in [-0.2, 0) is 6.54 Å². The van der Waals surface area contributed by atoms with E-state index in [-0.39, 0.29) is 10.6 Å². The van der Waals surface area contributed by atoms with Gasteiger partial charge in [0.2, 0.25) is 0 Å². The fourth-order valence-electron chi connectivity index (χ4n) is 2.66. The van der Waals surface area contributed by atoms with E-state index in [2.05, 4.69) is 20.2 Å². The second-order valence-electron chi connectivity index (χ2n) is 5.39. The predicted octanol–water partition coefficient (Wildman–Crippen LogP) is 2.68. The lowest BCUT2D eigenvalue weighted by Gasteiger charge is -2.35. The molecular formula is C15H18N4O2S. The molecular weight excluding hydrogens is 300 g/mol. The minimum Gasteiger partial charge on any atom is -0.369 e. The van der Waals surface area contributed by atoms with E-state index in [1.165, 1.54) is 0 Å². The van der Waals surface area contributed by atoms with Crippen molar-refractivity contribution in [3.8, 4) is 0 Å². The third-order valence-corrected chi connectivity index (χ3v) is 4.67. The lowest BCUT2D eigenvalue weighted by atomic mass is 10.2. The highest BCUT2D eigenvalue weighted by molar-refractivity contribution is 7.09. The lowest BCUT2D eigenvalue weighted by Crippen LogP contribution is -2.46. The molecule has 22 heavy (non-hydrogen) atoms. The lowest BCUT2D eigenvalue weighted by molar-refractivity contribution is -0.384. The molecule has 1 aromatic carbocycles. The molecule has 0 atom stereocenters. The maximum Gasteiger partial charge on any atom is 0.269 e. The molecule has 0 amide bonds. The SMILES string of the molecule is Cc1nc(CN2CCN(c3ccc([N+](=O)[O-])cc3)CC2)cs1. The number of anilines is 1. The number of non-ortho nitro benzene ring substituents is 1. The topological polar surface area (TPSA) is 62.5 Å². The Bertz CT molecular complexity index is 648. The molecule has 0 radical (unpaired) electrons. The van der Waals surface area contributed by atoms with Gasteiger partial charge in [0, 0.05) is 55.9 Å². The van der Waals surface area contributed by atoms with Gasteiger partial charge in [-0.25, -0.2) is 4.98 Å². The number of nitro groups is 1. The highest BCUT2D eigenvalue weighted by Crippen LogP contribution is 2.21. The summed E-state index contributed by atoms with van der Waals surface area (Å²) >= 11 is 1.69. The van der Waals surface area contributed by atoms with E-state index in [1.807, 2.05) is 19.1 Å². The zero-order chi connectivity index (χ0) is 15.5. The predicted molar refractivity (Wildman–Crippen MR) is 87.4 cm³/mol. The summed E-state index contributed by atoms with van der Waals surface area (Å²) in [6.45, 7) is 6.75. The Labute approximate surface area is 133 Å². The number of aromatic nitrogens is 1. The van der Waals surface area contributed by atoms with Crippen LogP contribution in [-0.4, -0.2) is 41.0 Å². The first-order valence-electron chi connectivity index (χ1n) is 7.24. The van der Waals surface area contributed by atoms with Gasteiger partial charge in [-0.1, -0.05) is 0 Å². The van der Waals surface area contributed by atoms with Gasteiger partial charge in [-0.05, 0) is 19.1 Å². The zero-order valence-electron chi connectivity index (χ0n) is 12.4. The van der Waals surface area contributed by atoms with Crippen molar-refractivity contribution in [1.82, 2.24) is 9.88 Å². The van der Waals surface area contributed by atoms with Crippen LogP contribution in [0.25, 0.3) is 0 Å². The number of thiazole rings is 1. The Morgan fingerprint density at radius 1 is 1.23 bits per heavy atom. The van der Waals surface area contributed by atoms with Gasteiger partial charge in [-0.15, -0.1) is 11.3 Å². The molecule has 7 heteroatoms. The Morgan fingerprint density at radius 3 is 2.45 bits per heavy atom. The van der Waals surface area contributed by atoms with Gasteiger partial charge in [0.05, 0.1) is 15.6 Å². The number of piperazine rings is 1. The third kappa shape index (κ3) is 3.42. The molecule has 0 aliphatic carbocycles. The van der Waals surface area contributed by atoms with Crippen molar-refractivity contribution < 1.29 is 4.92 Å². The van der Waals surface area contributed by atoms with E-state index in [4.69, 9.17) is 0 Å². The Hall–Kier alpha value is -1.99. The number of hydrogen-bond acceptors (Lipinski definition) is 6. The monoisotopic (exact) mass is 318 g/mol. The minimum absolute atomic E-state index is 0.140. The van der Waals surface area contributed by atoms with Gasteiger partial charge < -0.3 is 4.90 Å². The highest BCUT2D eigenvalue weighted by atomic mass is 32.1. The Morgan fingerprint density at radius 2 is 1.91 bits per heavy atom. The summed E-state index contributed by atoms with van der Waals surface area (Å²) in [6, 6.07) is 6.80. The summed E-state index contributed by atoms with van der Waals surface area (Å²) in [4.78, 5) is 19.5. The number of benzene rings is 1. The van der Waals surface area contributed by atoms with E-state index in [0.29, 0.717) is 0 Å². The third-order valence-electron chi connectivity index (χ3n) is 3.85. The van der Waals surface area contributed by atoms with Gasteiger partial charge in [-0.2, -0.15) is 0 Å². The van der Waals surface area contributed by atoms with E-state index in [9.17, 15) is 10.1 Å². The van der Waals surface area contributed by atoms with Crippen molar-refractivity contribution in [1.29, 1.82) is 0 Å². The summed E-state index contributed by atoms with van der Waals surface area (Å²) in [7, 11) is 0. The summed E-state index contributed by atoms with van der Waals surface area (Å²) < 4.78 is 0. The maximum atomic E-state index is 10.7. The first-order chi connectivity index (χ1) is 10.6. The highest BCUT2D eigenvalue weighted by Gasteiger charge is 2.18. The molecule has 3 rings (SSSR count). The van der Waals surface area contributed by atoms with Gasteiger partial charge in [0.25, 0.3) is 5.69 Å². The van der Waals surface area contributed by atoms with Crippen molar-refractivity contribution in [3.05, 3.63) is 50.5 Å². The van der Waals surface area contributed by atoms with Crippen LogP contribution in [0.5, 0.6) is 0 Å². The standard InChI is InChI=1S/C15H18N4O2S/c1-12-16-13(11-22-12)10-17-6-8-18(9-7-17)14-2-4-15(5-3-14)19(20)21/h2-5,11H,6-10H2,1H3. The molecule has 1 aromatic heterocycles. The van der Waals surface area contributed by atoms with E-state index in [1.54, 1.807) is 23.5 Å². The molecule has 1 aliphatic heterocycles. The average Bonchev–Trinajstić information content (AvgIpc) is 2.93. The number of aryl methyl sites for hydroxylation is 1. The van der Waals surface area contributed by atoms with Gasteiger partial charge in [0.1, 0.15) is 0 Å². The first-order valence-corrected chi connectivity index (χ1v) is 8.12. The van der Waals surface area contributed by atoms with Crippen LogP contribution >= 0.6 is 11.3 Å². The molecule has 1 saturated heterocycles. The summed E-state index contributed by atoms with van der Waals surface area (Å²) in [6.07, 6.45) is 0. The molecule has 0 N–H and O–H groups in total. The molecule has 2 heterocycles. The van der Waals surface area contributed by atoms with Crippen LogP contribution in [0.1, 0.15) is 10.7 Å². The molecule has 2 aromatic rings. The molecule has 1 aliphatic rings. The second-order valence-corrected chi connectivity index (χ2v) is 6.46. The first kappa shape index (κ1) is 14.9. The van der Waals surface area contributed by atoms with Crippen LogP contribution in [0.3, 0.4) is 0 Å². The fourth-order valence-corrected chi connectivity index (χ4v) is 3.26. The van der Waals surface area contributed by atoms with Crippen LogP contribution in [0, 0.1) is 17.0 Å². The largest absolute Gasteiger partial charge is 0.369 e. The Balaban J connectivity index is 1.56. The average molecular weight is 318 g/mol. The van der Waals surface area contributed by atoms with Crippen LogP contribution in [0.2, 0.25) is 0 Å². The van der Waals surface area contributed by atoms with Crippen LogP contribution in [0.4, 0.5) is 11.4 Å². The van der Waals surface area contributed by atoms with E-state index < -0.39 is 0 Å². The summed E-state index contributed by atoms with van der Waals surface area (Å²) in [5.74, 6) is 0. The van der Waals surface area contributed by atoms with E-state index >= 15 is 0 Å². The molecule has 0 saturated carbocycles. The number of hydrogen-bond donors (Lipinski definition) is 0. The van der Waals surface area contributed by atoms with Crippen LogP contribution in [0.15, 0.2) is 29.6 Å². The number of nitrogens with zero attached hydrogens (tertiary/aromatic N) is 4. The van der Waals surface area contributed by atoms with Gasteiger partial charge in [0.15, 0.2) is 0 Å². The summed E-state index contributed by atoms with van der Waals surface area (Å²) in [5, 5.41) is 13.9. The van der Waals surface area contributed by atoms with Crippen molar-refractivity contribution in [2.24, 2.45) is 0 Å². The van der Waals surface area contributed by atoms with Crippen molar-refractivity contribution in [3.63, 3.8) is 0 Å². The zero-order valence-corrected chi connectivity index (χ0v) is 13.3. The second kappa shape index (κ2) is 6.41. The smallest absolute Gasteiger partial charge is 0.269 e. The van der Waals surface area contributed by atoms with Crippen molar-refractivity contribution in [2.45, 2.75) is 13.5 Å².